The molecule has 0 bridgehead atoms. The van der Waals surface area contributed by atoms with E-state index in [0.29, 0.717) is 16.7 Å². The molecule has 0 aromatic rings. The average Bonchev–Trinajstić information content (AvgIpc) is 2.27. The number of ether oxygens (including phenoxy) is 1. The molecule has 0 spiro atoms. The molecule has 3 nitrogen and oxygen atoms in total. The zero-order chi connectivity index (χ0) is 13.6. The van der Waals surface area contributed by atoms with Gasteiger partial charge in [0, 0.05) is 19.8 Å². The van der Waals surface area contributed by atoms with E-state index in [1.165, 1.54) is 19.3 Å². The maximum Gasteiger partial charge on any atom is 0.0471 e. The highest BCUT2D eigenvalue weighted by Gasteiger charge is 2.27. The summed E-state index contributed by atoms with van der Waals surface area (Å²) >= 11 is 0. The third-order valence-corrected chi connectivity index (χ3v) is 3.92. The van der Waals surface area contributed by atoms with E-state index in [0.717, 1.165) is 32.8 Å². The minimum Gasteiger partial charge on any atom is -0.381 e. The van der Waals surface area contributed by atoms with Crippen molar-refractivity contribution >= 4 is 0 Å². The lowest BCUT2D eigenvalue weighted by Gasteiger charge is -2.34. The van der Waals surface area contributed by atoms with Crippen LogP contribution >= 0.6 is 0 Å². The molecule has 0 aromatic heterocycles. The third-order valence-electron chi connectivity index (χ3n) is 3.92. The first kappa shape index (κ1) is 15.9. The first-order valence-electron chi connectivity index (χ1n) is 7.33. The Labute approximate surface area is 113 Å². The van der Waals surface area contributed by atoms with E-state index < -0.39 is 0 Å². The number of hydrogen-bond acceptors (Lipinski definition) is 3. The first-order valence-corrected chi connectivity index (χ1v) is 7.33. The highest BCUT2D eigenvalue weighted by Crippen LogP contribution is 2.29. The van der Waals surface area contributed by atoms with Crippen LogP contribution in [0.5, 0.6) is 0 Å². The second-order valence-electron chi connectivity index (χ2n) is 7.42. The number of nitrogens with two attached hydrogens (primary N) is 1. The quantitative estimate of drug-likeness (QED) is 0.767. The van der Waals surface area contributed by atoms with Gasteiger partial charge in [-0.05, 0) is 49.1 Å². The Morgan fingerprint density at radius 3 is 2.39 bits per heavy atom. The monoisotopic (exact) mass is 256 g/mol. The van der Waals surface area contributed by atoms with Crippen LogP contribution in [0.15, 0.2) is 0 Å². The van der Waals surface area contributed by atoms with Crippen LogP contribution in [0.1, 0.15) is 47.0 Å². The zero-order valence-electron chi connectivity index (χ0n) is 12.7. The van der Waals surface area contributed by atoms with Crippen LogP contribution in [0.3, 0.4) is 0 Å². The number of nitrogens with one attached hydrogen (secondary N) is 1. The van der Waals surface area contributed by atoms with Crippen molar-refractivity contribution in [2.45, 2.75) is 47.0 Å². The van der Waals surface area contributed by atoms with Crippen LogP contribution in [-0.4, -0.2) is 32.8 Å². The number of rotatable bonds is 6. The smallest absolute Gasteiger partial charge is 0.0471 e. The van der Waals surface area contributed by atoms with Crippen LogP contribution in [-0.2, 0) is 4.74 Å². The van der Waals surface area contributed by atoms with Gasteiger partial charge in [0.15, 0.2) is 0 Å². The molecule has 3 heteroatoms. The van der Waals surface area contributed by atoms with Gasteiger partial charge in [-0.1, -0.05) is 27.7 Å². The maximum atomic E-state index is 5.87. The van der Waals surface area contributed by atoms with Crippen molar-refractivity contribution in [1.82, 2.24) is 5.32 Å². The fourth-order valence-electron chi connectivity index (χ4n) is 2.72. The van der Waals surface area contributed by atoms with E-state index >= 15 is 0 Å². The van der Waals surface area contributed by atoms with Gasteiger partial charge >= 0.3 is 0 Å². The molecule has 0 amide bonds. The minimum absolute atomic E-state index is 0.369. The van der Waals surface area contributed by atoms with Crippen molar-refractivity contribution in [3.05, 3.63) is 0 Å². The van der Waals surface area contributed by atoms with Gasteiger partial charge < -0.3 is 15.8 Å². The Balaban J connectivity index is 2.26. The van der Waals surface area contributed by atoms with Crippen molar-refractivity contribution < 1.29 is 4.74 Å². The van der Waals surface area contributed by atoms with Gasteiger partial charge in [-0.15, -0.1) is 0 Å². The second kappa shape index (κ2) is 6.88. The molecule has 1 rings (SSSR count). The summed E-state index contributed by atoms with van der Waals surface area (Å²) in [6, 6.07) is 0. The van der Waals surface area contributed by atoms with E-state index in [4.69, 9.17) is 10.5 Å². The first-order chi connectivity index (χ1) is 8.35. The zero-order valence-corrected chi connectivity index (χ0v) is 12.7. The summed E-state index contributed by atoms with van der Waals surface area (Å²) in [5.74, 6) is 0.591. The SMILES string of the molecule is CC(C)(C)CC(CN)CNCC1(C)CCOCC1. The van der Waals surface area contributed by atoms with E-state index in [1.54, 1.807) is 0 Å². The molecule has 1 atom stereocenters. The lowest BCUT2D eigenvalue weighted by atomic mass is 9.81. The van der Waals surface area contributed by atoms with E-state index in [9.17, 15) is 0 Å². The topological polar surface area (TPSA) is 47.3 Å². The predicted octanol–water partition coefficient (Wildman–Crippen LogP) is 2.40. The molecule has 0 aromatic carbocycles. The summed E-state index contributed by atoms with van der Waals surface area (Å²) in [6.07, 6.45) is 3.54. The lowest BCUT2D eigenvalue weighted by molar-refractivity contribution is 0.0236. The Kier molecular flexibility index (Phi) is 6.09. The molecule has 1 aliphatic rings. The normalized spacial score (nSPS) is 21.8. The fourth-order valence-corrected chi connectivity index (χ4v) is 2.72. The number of hydrogen-bond donors (Lipinski definition) is 2. The standard InChI is InChI=1S/C15H32N2O/c1-14(2,3)9-13(10-16)11-17-12-15(4)5-7-18-8-6-15/h13,17H,5-12,16H2,1-4H3. The molecule has 1 fully saturated rings. The van der Waals surface area contributed by atoms with Gasteiger partial charge in [0.25, 0.3) is 0 Å². The second-order valence-corrected chi connectivity index (χ2v) is 7.42. The Morgan fingerprint density at radius 2 is 1.89 bits per heavy atom. The third kappa shape index (κ3) is 6.17. The van der Waals surface area contributed by atoms with Gasteiger partial charge in [-0.3, -0.25) is 0 Å². The molecule has 0 saturated carbocycles. The van der Waals surface area contributed by atoms with Gasteiger partial charge in [0.05, 0.1) is 0 Å². The average molecular weight is 256 g/mol. The van der Waals surface area contributed by atoms with Gasteiger partial charge in [-0.2, -0.15) is 0 Å². The van der Waals surface area contributed by atoms with Gasteiger partial charge in [-0.25, -0.2) is 0 Å². The molecular formula is C15H32N2O. The molecule has 1 unspecified atom stereocenters. The highest BCUT2D eigenvalue weighted by molar-refractivity contribution is 4.80. The van der Waals surface area contributed by atoms with Crippen LogP contribution in [0, 0.1) is 16.7 Å². The molecule has 1 aliphatic heterocycles. The van der Waals surface area contributed by atoms with Crippen LogP contribution < -0.4 is 11.1 Å². The lowest BCUT2D eigenvalue weighted by Crippen LogP contribution is -2.40. The van der Waals surface area contributed by atoms with Crippen molar-refractivity contribution in [1.29, 1.82) is 0 Å². The largest absolute Gasteiger partial charge is 0.381 e. The summed E-state index contributed by atoms with van der Waals surface area (Å²) in [5, 5.41) is 3.63. The van der Waals surface area contributed by atoms with E-state index in [2.05, 4.69) is 33.0 Å². The Morgan fingerprint density at radius 1 is 1.28 bits per heavy atom. The summed E-state index contributed by atoms with van der Waals surface area (Å²) in [5.41, 5.74) is 6.66. The van der Waals surface area contributed by atoms with Crippen LogP contribution in [0.4, 0.5) is 0 Å². The molecule has 18 heavy (non-hydrogen) atoms. The Hall–Kier alpha value is -0.120. The van der Waals surface area contributed by atoms with Crippen molar-refractivity contribution in [2.24, 2.45) is 22.5 Å². The molecule has 0 radical (unpaired) electrons. The fraction of sp³-hybridized carbons (Fsp3) is 1.00. The highest BCUT2D eigenvalue weighted by atomic mass is 16.5. The molecule has 0 aliphatic carbocycles. The molecule has 1 heterocycles. The van der Waals surface area contributed by atoms with Crippen molar-refractivity contribution in [2.75, 3.05) is 32.8 Å². The van der Waals surface area contributed by atoms with Crippen molar-refractivity contribution in [3.63, 3.8) is 0 Å². The predicted molar refractivity (Wildman–Crippen MR) is 77.6 cm³/mol. The molecular weight excluding hydrogens is 224 g/mol. The van der Waals surface area contributed by atoms with E-state index in [1.807, 2.05) is 0 Å². The summed E-state index contributed by atoms with van der Waals surface area (Å²) in [4.78, 5) is 0. The summed E-state index contributed by atoms with van der Waals surface area (Å²) in [7, 11) is 0. The summed E-state index contributed by atoms with van der Waals surface area (Å²) < 4.78 is 5.43. The Bertz CT molecular complexity index is 229. The molecule has 108 valence electrons. The van der Waals surface area contributed by atoms with Crippen LogP contribution in [0.25, 0.3) is 0 Å². The van der Waals surface area contributed by atoms with Crippen molar-refractivity contribution in [3.8, 4) is 0 Å². The molecule has 1 saturated heterocycles. The maximum absolute atomic E-state index is 5.87. The molecule has 3 N–H and O–H groups in total. The summed E-state index contributed by atoms with van der Waals surface area (Å²) in [6.45, 7) is 14.0. The minimum atomic E-state index is 0.369. The van der Waals surface area contributed by atoms with Crippen LogP contribution in [0.2, 0.25) is 0 Å². The van der Waals surface area contributed by atoms with E-state index in [-0.39, 0.29) is 0 Å². The van der Waals surface area contributed by atoms with Gasteiger partial charge in [0.1, 0.15) is 0 Å². The van der Waals surface area contributed by atoms with Gasteiger partial charge in [0.2, 0.25) is 0 Å².